The predicted molar refractivity (Wildman–Crippen MR) is 109 cm³/mol. The molecule has 0 bridgehead atoms. The minimum atomic E-state index is -0.827. The topological polar surface area (TPSA) is 58.9 Å². The molecule has 2 N–H and O–H groups in total. The van der Waals surface area contributed by atoms with Crippen molar-refractivity contribution < 1.29 is 19.7 Å². The van der Waals surface area contributed by atoms with Gasteiger partial charge in [-0.1, -0.05) is 13.8 Å². The average Bonchev–Trinajstić information content (AvgIpc) is 2.70. The molecular formula is C21H36Cl2O4. The Labute approximate surface area is 173 Å². The van der Waals surface area contributed by atoms with E-state index in [0.717, 1.165) is 38.5 Å². The molecule has 27 heavy (non-hydrogen) atoms. The SMILES string of the molecule is CC(C)(C1CCC(OCC(O)CCl)CC1)C1CCC2(CC1)OCC2(O)CCl. The Morgan fingerprint density at radius 3 is 2.15 bits per heavy atom. The molecule has 3 rings (SSSR count). The third kappa shape index (κ3) is 4.32. The fourth-order valence-electron chi connectivity index (χ4n) is 5.64. The maximum absolute atomic E-state index is 10.7. The van der Waals surface area contributed by atoms with Gasteiger partial charge in [0.2, 0.25) is 0 Å². The largest absolute Gasteiger partial charge is 0.389 e. The van der Waals surface area contributed by atoms with Crippen molar-refractivity contribution in [2.24, 2.45) is 17.3 Å². The number of hydrogen-bond acceptors (Lipinski definition) is 4. The molecule has 0 aromatic carbocycles. The van der Waals surface area contributed by atoms with Crippen molar-refractivity contribution in [3.8, 4) is 0 Å². The summed E-state index contributed by atoms with van der Waals surface area (Å²) >= 11 is 11.7. The van der Waals surface area contributed by atoms with Crippen molar-refractivity contribution in [3.63, 3.8) is 0 Å². The summed E-state index contributed by atoms with van der Waals surface area (Å²) in [5, 5.41) is 20.2. The molecule has 158 valence electrons. The molecule has 2 unspecified atom stereocenters. The number of aliphatic hydroxyl groups excluding tert-OH is 1. The smallest absolute Gasteiger partial charge is 0.130 e. The number of rotatable bonds is 7. The second-order valence-corrected chi connectivity index (χ2v) is 10.2. The lowest BCUT2D eigenvalue weighted by atomic mass is 9.57. The minimum Gasteiger partial charge on any atom is -0.389 e. The fraction of sp³-hybridized carbons (Fsp3) is 1.00. The molecule has 2 saturated carbocycles. The van der Waals surface area contributed by atoms with Crippen molar-refractivity contribution in [2.45, 2.75) is 88.6 Å². The molecule has 0 aromatic heterocycles. The highest BCUT2D eigenvalue weighted by Crippen LogP contribution is 2.55. The van der Waals surface area contributed by atoms with Crippen molar-refractivity contribution in [1.82, 2.24) is 0 Å². The first-order chi connectivity index (χ1) is 12.8. The monoisotopic (exact) mass is 422 g/mol. The summed E-state index contributed by atoms with van der Waals surface area (Å²) in [4.78, 5) is 0. The Balaban J connectivity index is 1.48. The zero-order valence-corrected chi connectivity index (χ0v) is 18.3. The van der Waals surface area contributed by atoms with Gasteiger partial charge in [-0.3, -0.25) is 0 Å². The van der Waals surface area contributed by atoms with Crippen LogP contribution in [0.2, 0.25) is 0 Å². The Kier molecular flexibility index (Phi) is 7.09. The molecule has 1 aliphatic heterocycles. The van der Waals surface area contributed by atoms with E-state index in [0.29, 0.717) is 25.0 Å². The van der Waals surface area contributed by atoms with Gasteiger partial charge in [-0.25, -0.2) is 0 Å². The Hall–Kier alpha value is 0.420. The summed E-state index contributed by atoms with van der Waals surface area (Å²) < 4.78 is 11.7. The lowest BCUT2D eigenvalue weighted by Crippen LogP contribution is -2.71. The molecule has 6 heteroatoms. The van der Waals surface area contributed by atoms with Gasteiger partial charge in [0.25, 0.3) is 0 Å². The van der Waals surface area contributed by atoms with E-state index >= 15 is 0 Å². The lowest BCUT2D eigenvalue weighted by molar-refractivity contribution is -0.309. The molecule has 1 spiro atoms. The number of alkyl halides is 2. The fourth-order valence-corrected chi connectivity index (χ4v) is 6.05. The first kappa shape index (κ1) is 22.1. The molecule has 0 amide bonds. The second-order valence-electron chi connectivity index (χ2n) is 9.66. The van der Waals surface area contributed by atoms with E-state index < -0.39 is 17.3 Å². The standard InChI is InChI=1S/C21H36Cl2O4/c1-19(2,15-3-5-18(6-4-15)26-12-17(24)11-22)16-7-9-21(10-8-16)20(25,13-23)14-27-21/h15-18,24-25H,3-14H2,1-2H3. The van der Waals surface area contributed by atoms with E-state index in [-0.39, 0.29) is 23.3 Å². The molecule has 2 atom stereocenters. The highest BCUT2D eigenvalue weighted by Gasteiger charge is 2.61. The molecule has 0 aromatic rings. The molecule has 1 heterocycles. The van der Waals surface area contributed by atoms with Crippen LogP contribution in [0.1, 0.15) is 65.2 Å². The van der Waals surface area contributed by atoms with Gasteiger partial charge in [-0.05, 0) is 68.6 Å². The molecule has 3 aliphatic rings. The van der Waals surface area contributed by atoms with E-state index in [1.54, 1.807) is 0 Å². The molecule has 4 nitrogen and oxygen atoms in total. The maximum atomic E-state index is 10.7. The number of halogens is 2. The molecule has 2 aliphatic carbocycles. The van der Waals surface area contributed by atoms with Crippen molar-refractivity contribution in [3.05, 3.63) is 0 Å². The summed E-state index contributed by atoms with van der Waals surface area (Å²) in [5.74, 6) is 1.86. The maximum Gasteiger partial charge on any atom is 0.130 e. The predicted octanol–water partition coefficient (Wildman–Crippen LogP) is 4.12. The van der Waals surface area contributed by atoms with Crippen LogP contribution in [-0.4, -0.2) is 58.6 Å². The zero-order chi connectivity index (χ0) is 19.7. The number of ether oxygens (including phenoxy) is 2. The summed E-state index contributed by atoms with van der Waals surface area (Å²) in [7, 11) is 0. The third-order valence-electron chi connectivity index (χ3n) is 7.93. The second kappa shape index (κ2) is 8.65. The van der Waals surface area contributed by atoms with Crippen LogP contribution in [0.5, 0.6) is 0 Å². The first-order valence-electron chi connectivity index (χ1n) is 10.5. The van der Waals surface area contributed by atoms with Crippen LogP contribution in [0.4, 0.5) is 0 Å². The molecule has 1 saturated heterocycles. The lowest BCUT2D eigenvalue weighted by Gasteiger charge is -2.59. The number of aliphatic hydroxyl groups is 2. The van der Waals surface area contributed by atoms with Gasteiger partial charge in [0.15, 0.2) is 0 Å². The van der Waals surface area contributed by atoms with Crippen molar-refractivity contribution >= 4 is 23.2 Å². The Morgan fingerprint density at radius 1 is 1.07 bits per heavy atom. The van der Waals surface area contributed by atoms with Crippen LogP contribution in [0.3, 0.4) is 0 Å². The molecule has 3 fully saturated rings. The molecular weight excluding hydrogens is 387 g/mol. The van der Waals surface area contributed by atoms with Crippen LogP contribution in [-0.2, 0) is 9.47 Å². The quantitative estimate of drug-likeness (QED) is 0.605. The van der Waals surface area contributed by atoms with Gasteiger partial charge in [0.05, 0.1) is 37.2 Å². The van der Waals surface area contributed by atoms with Crippen LogP contribution in [0.25, 0.3) is 0 Å². The van der Waals surface area contributed by atoms with E-state index in [4.69, 9.17) is 32.7 Å². The van der Waals surface area contributed by atoms with Gasteiger partial charge in [-0.15, -0.1) is 23.2 Å². The van der Waals surface area contributed by atoms with Crippen LogP contribution in [0, 0.1) is 17.3 Å². The van der Waals surface area contributed by atoms with E-state index in [1.165, 1.54) is 12.8 Å². The van der Waals surface area contributed by atoms with Gasteiger partial charge in [0, 0.05) is 0 Å². The van der Waals surface area contributed by atoms with Crippen LogP contribution < -0.4 is 0 Å². The van der Waals surface area contributed by atoms with Gasteiger partial charge in [-0.2, -0.15) is 0 Å². The summed E-state index contributed by atoms with van der Waals surface area (Å²) in [6.45, 7) is 5.58. The van der Waals surface area contributed by atoms with E-state index in [1.807, 2.05) is 0 Å². The number of hydrogen-bond donors (Lipinski definition) is 2. The van der Waals surface area contributed by atoms with Gasteiger partial charge >= 0.3 is 0 Å². The minimum absolute atomic E-state index is 0.230. The normalized spacial score (nSPS) is 41.3. The van der Waals surface area contributed by atoms with Gasteiger partial charge < -0.3 is 19.7 Å². The summed E-state index contributed by atoms with van der Waals surface area (Å²) in [6, 6.07) is 0. The first-order valence-corrected chi connectivity index (χ1v) is 11.6. The summed E-state index contributed by atoms with van der Waals surface area (Å²) in [5.41, 5.74) is -0.937. The molecule has 0 radical (unpaired) electrons. The van der Waals surface area contributed by atoms with Crippen LogP contribution >= 0.6 is 23.2 Å². The van der Waals surface area contributed by atoms with Crippen LogP contribution in [0.15, 0.2) is 0 Å². The van der Waals surface area contributed by atoms with E-state index in [9.17, 15) is 10.2 Å². The average molecular weight is 423 g/mol. The Bertz CT molecular complexity index is 481. The van der Waals surface area contributed by atoms with Crippen molar-refractivity contribution in [1.29, 1.82) is 0 Å². The highest BCUT2D eigenvalue weighted by atomic mass is 35.5. The zero-order valence-electron chi connectivity index (χ0n) is 16.8. The Morgan fingerprint density at radius 2 is 1.67 bits per heavy atom. The highest BCUT2D eigenvalue weighted by molar-refractivity contribution is 6.18. The van der Waals surface area contributed by atoms with E-state index in [2.05, 4.69) is 13.8 Å². The third-order valence-corrected chi connectivity index (χ3v) is 8.73. The summed E-state index contributed by atoms with van der Waals surface area (Å²) in [6.07, 6.45) is 8.22. The van der Waals surface area contributed by atoms with Gasteiger partial charge in [0.1, 0.15) is 11.2 Å². The van der Waals surface area contributed by atoms with Crippen molar-refractivity contribution in [2.75, 3.05) is 25.0 Å².